The summed E-state index contributed by atoms with van der Waals surface area (Å²) in [5, 5.41) is 4.57. The third-order valence-electron chi connectivity index (χ3n) is 4.79. The van der Waals surface area contributed by atoms with Gasteiger partial charge in [-0.25, -0.2) is 0 Å². The van der Waals surface area contributed by atoms with Crippen molar-refractivity contribution >= 4 is 23.5 Å². The minimum absolute atomic E-state index is 0.615. The van der Waals surface area contributed by atoms with E-state index in [2.05, 4.69) is 22.1 Å². The van der Waals surface area contributed by atoms with E-state index in [-0.39, 0.29) is 0 Å². The highest BCUT2D eigenvalue weighted by Crippen LogP contribution is 2.25. The summed E-state index contributed by atoms with van der Waals surface area (Å²) >= 11 is 5.61. The molecule has 2 rings (SSSR count). The molecule has 0 aromatic rings. The van der Waals surface area contributed by atoms with Crippen LogP contribution in [0.5, 0.6) is 0 Å². The van der Waals surface area contributed by atoms with Crippen LogP contribution in [0.4, 0.5) is 0 Å². The second-order valence-electron chi connectivity index (χ2n) is 6.33. The van der Waals surface area contributed by atoms with E-state index >= 15 is 0 Å². The molecule has 2 fully saturated rings. The molecular formula is C17H29N3S. The summed E-state index contributed by atoms with van der Waals surface area (Å²) in [6.07, 6.45) is 12.9. The maximum Gasteiger partial charge on any atom is 0.169 e. The fourth-order valence-corrected chi connectivity index (χ4v) is 3.70. The zero-order valence-electron chi connectivity index (χ0n) is 13.5. The Morgan fingerprint density at radius 2 is 1.81 bits per heavy atom. The number of nitrogens with one attached hydrogen (secondary N) is 1. The van der Waals surface area contributed by atoms with Gasteiger partial charge in [0.25, 0.3) is 0 Å². The third kappa shape index (κ3) is 5.10. The number of aliphatic imine (C=N–C) groups is 1. The van der Waals surface area contributed by atoms with Gasteiger partial charge in [-0.05, 0) is 57.7 Å². The molecule has 1 aliphatic heterocycles. The Kier molecular flexibility index (Phi) is 6.68. The monoisotopic (exact) mass is 307 g/mol. The minimum Gasteiger partial charge on any atom is -0.360 e. The Hall–Kier alpha value is -0.900. The summed E-state index contributed by atoms with van der Waals surface area (Å²) in [4.78, 5) is 6.60. The van der Waals surface area contributed by atoms with Gasteiger partial charge in [0.1, 0.15) is 0 Å². The molecule has 118 valence electrons. The minimum atomic E-state index is 0.615. The van der Waals surface area contributed by atoms with E-state index in [0.29, 0.717) is 12.0 Å². The lowest BCUT2D eigenvalue weighted by atomic mass is 9.90. The van der Waals surface area contributed by atoms with Crippen LogP contribution in [0.15, 0.2) is 16.8 Å². The largest absolute Gasteiger partial charge is 0.360 e. The lowest BCUT2D eigenvalue weighted by Crippen LogP contribution is -2.48. The molecule has 0 aromatic heterocycles. The number of hydrogen-bond donors (Lipinski definition) is 1. The van der Waals surface area contributed by atoms with Crippen molar-refractivity contribution < 1.29 is 0 Å². The van der Waals surface area contributed by atoms with Crippen LogP contribution in [0.1, 0.15) is 58.8 Å². The predicted molar refractivity (Wildman–Crippen MR) is 94.8 cm³/mol. The number of hydrogen-bond acceptors (Lipinski definition) is 2. The Bertz CT molecular complexity index is 389. The van der Waals surface area contributed by atoms with Gasteiger partial charge in [0.15, 0.2) is 5.11 Å². The normalized spacial score (nSPS) is 22.8. The third-order valence-corrected chi connectivity index (χ3v) is 5.16. The Morgan fingerprint density at radius 3 is 2.43 bits per heavy atom. The van der Waals surface area contributed by atoms with E-state index in [0.717, 1.165) is 18.2 Å². The van der Waals surface area contributed by atoms with Crippen molar-refractivity contribution in [2.45, 2.75) is 64.8 Å². The standard InChI is InChI=1S/C17H29N3S/c1-3-18-13-14(2)15-9-11-20(12-10-15)17(21)19-16-7-5-4-6-8-16/h3,13,15-16H,4-12H2,1-2H3,(H,19,21)/b14-13+,18-3?. The summed E-state index contributed by atoms with van der Waals surface area (Å²) in [6.45, 7) is 6.31. The molecule has 1 saturated carbocycles. The number of allylic oxidation sites excluding steroid dienone is 1. The van der Waals surface area contributed by atoms with E-state index in [9.17, 15) is 0 Å². The van der Waals surface area contributed by atoms with Gasteiger partial charge in [-0.2, -0.15) is 0 Å². The quantitative estimate of drug-likeness (QED) is 0.633. The van der Waals surface area contributed by atoms with Gasteiger partial charge >= 0.3 is 0 Å². The van der Waals surface area contributed by atoms with Crippen molar-refractivity contribution in [3.8, 4) is 0 Å². The lowest BCUT2D eigenvalue weighted by Gasteiger charge is -2.36. The fraction of sp³-hybridized carbons (Fsp3) is 0.765. The predicted octanol–water partition coefficient (Wildman–Crippen LogP) is 3.90. The highest BCUT2D eigenvalue weighted by Gasteiger charge is 2.23. The second-order valence-corrected chi connectivity index (χ2v) is 6.71. The average Bonchev–Trinajstić information content (AvgIpc) is 2.53. The first-order chi connectivity index (χ1) is 10.2. The Morgan fingerprint density at radius 1 is 1.14 bits per heavy atom. The van der Waals surface area contributed by atoms with Crippen molar-refractivity contribution in [3.05, 3.63) is 11.8 Å². The van der Waals surface area contributed by atoms with E-state index < -0.39 is 0 Å². The Labute approximate surface area is 134 Å². The van der Waals surface area contributed by atoms with Crippen LogP contribution in [0, 0.1) is 5.92 Å². The molecule has 0 unspecified atom stereocenters. The summed E-state index contributed by atoms with van der Waals surface area (Å²) in [7, 11) is 0. The smallest absolute Gasteiger partial charge is 0.169 e. The number of thiocarbonyl (C=S) groups is 1. The van der Waals surface area contributed by atoms with Crippen LogP contribution in [0.2, 0.25) is 0 Å². The first-order valence-corrected chi connectivity index (χ1v) is 8.81. The molecule has 0 amide bonds. The molecule has 1 aliphatic carbocycles. The van der Waals surface area contributed by atoms with Gasteiger partial charge in [0.2, 0.25) is 0 Å². The molecule has 1 heterocycles. The molecule has 1 saturated heterocycles. The number of nitrogens with zero attached hydrogens (tertiary/aromatic N) is 2. The molecule has 3 nitrogen and oxygen atoms in total. The lowest BCUT2D eigenvalue weighted by molar-refractivity contribution is 0.281. The summed E-state index contributed by atoms with van der Waals surface area (Å²) in [5.41, 5.74) is 1.40. The Balaban J connectivity index is 1.76. The summed E-state index contributed by atoms with van der Waals surface area (Å²) in [5.74, 6) is 0.669. The first kappa shape index (κ1) is 16.5. The maximum absolute atomic E-state index is 5.61. The number of likely N-dealkylation sites (tertiary alicyclic amines) is 1. The second kappa shape index (κ2) is 8.52. The molecule has 0 spiro atoms. The van der Waals surface area contributed by atoms with E-state index in [1.807, 2.05) is 19.3 Å². The van der Waals surface area contributed by atoms with Gasteiger partial charge in [-0.1, -0.05) is 24.8 Å². The molecule has 0 aromatic carbocycles. The molecule has 0 atom stereocenters. The summed E-state index contributed by atoms with van der Waals surface area (Å²) in [6, 6.07) is 0.615. The van der Waals surface area contributed by atoms with Crippen LogP contribution in [0.25, 0.3) is 0 Å². The topological polar surface area (TPSA) is 27.6 Å². The number of rotatable bonds is 3. The SMILES string of the molecule is CC=N/C=C(\C)C1CCN(C(=S)NC2CCCCC2)CC1. The van der Waals surface area contributed by atoms with Gasteiger partial charge < -0.3 is 10.2 Å². The van der Waals surface area contributed by atoms with Gasteiger partial charge in [0, 0.05) is 31.5 Å². The molecular weight excluding hydrogens is 278 g/mol. The van der Waals surface area contributed by atoms with Crippen molar-refractivity contribution in [3.63, 3.8) is 0 Å². The van der Waals surface area contributed by atoms with Gasteiger partial charge in [0.05, 0.1) is 0 Å². The van der Waals surface area contributed by atoms with Crippen molar-refractivity contribution in [1.82, 2.24) is 10.2 Å². The molecule has 2 aliphatic rings. The van der Waals surface area contributed by atoms with Crippen LogP contribution < -0.4 is 5.32 Å². The van der Waals surface area contributed by atoms with Crippen molar-refractivity contribution in [2.75, 3.05) is 13.1 Å². The van der Waals surface area contributed by atoms with Crippen molar-refractivity contribution in [1.29, 1.82) is 0 Å². The van der Waals surface area contributed by atoms with E-state index in [1.54, 1.807) is 0 Å². The molecule has 21 heavy (non-hydrogen) atoms. The highest BCUT2D eigenvalue weighted by molar-refractivity contribution is 7.80. The first-order valence-electron chi connectivity index (χ1n) is 8.40. The van der Waals surface area contributed by atoms with Crippen LogP contribution in [0.3, 0.4) is 0 Å². The summed E-state index contributed by atoms with van der Waals surface area (Å²) < 4.78 is 0. The van der Waals surface area contributed by atoms with E-state index in [1.165, 1.54) is 50.5 Å². The molecule has 0 bridgehead atoms. The van der Waals surface area contributed by atoms with E-state index in [4.69, 9.17) is 12.2 Å². The molecule has 0 radical (unpaired) electrons. The van der Waals surface area contributed by atoms with Crippen LogP contribution in [-0.4, -0.2) is 35.4 Å². The van der Waals surface area contributed by atoms with Crippen LogP contribution >= 0.6 is 12.2 Å². The molecule has 1 N–H and O–H groups in total. The van der Waals surface area contributed by atoms with Crippen molar-refractivity contribution in [2.24, 2.45) is 10.9 Å². The molecule has 4 heteroatoms. The van der Waals surface area contributed by atoms with Gasteiger partial charge in [-0.15, -0.1) is 0 Å². The average molecular weight is 308 g/mol. The van der Waals surface area contributed by atoms with Crippen LogP contribution in [-0.2, 0) is 0 Å². The zero-order valence-corrected chi connectivity index (χ0v) is 14.3. The maximum atomic E-state index is 5.61. The highest BCUT2D eigenvalue weighted by atomic mass is 32.1. The number of piperidine rings is 1. The zero-order chi connectivity index (χ0) is 15.1. The van der Waals surface area contributed by atoms with Gasteiger partial charge in [-0.3, -0.25) is 4.99 Å². The fourth-order valence-electron chi connectivity index (χ4n) is 3.35.